The molecule has 2 amide bonds. The Bertz CT molecular complexity index is 383. The molecule has 1 unspecified atom stereocenters. The Morgan fingerprint density at radius 3 is 2.48 bits per heavy atom. The van der Waals surface area contributed by atoms with Crippen LogP contribution in [-0.4, -0.2) is 61.4 Å². The maximum absolute atomic E-state index is 12.7. The average molecular weight is 295 g/mol. The first-order chi connectivity index (χ1) is 9.93. The summed E-state index contributed by atoms with van der Waals surface area (Å²) in [5.41, 5.74) is -0.409. The normalized spacial score (nSPS) is 23.2. The molecule has 2 rings (SSSR count). The van der Waals surface area contributed by atoms with Crippen LogP contribution in [0, 0.1) is 11.3 Å². The Morgan fingerprint density at radius 1 is 1.24 bits per heavy atom. The van der Waals surface area contributed by atoms with E-state index >= 15 is 0 Å². The van der Waals surface area contributed by atoms with Crippen molar-refractivity contribution in [2.75, 3.05) is 39.8 Å². The number of amides is 2. The summed E-state index contributed by atoms with van der Waals surface area (Å²) in [6.45, 7) is 7.88. The number of hydrogen-bond donors (Lipinski definition) is 1. The minimum absolute atomic E-state index is 0.0842. The number of hydrogen-bond acceptors (Lipinski definition) is 3. The smallest absolute Gasteiger partial charge is 0.242 e. The summed E-state index contributed by atoms with van der Waals surface area (Å²) < 4.78 is 0. The minimum Gasteiger partial charge on any atom is -0.341 e. The van der Waals surface area contributed by atoms with E-state index in [1.807, 2.05) is 18.7 Å². The van der Waals surface area contributed by atoms with Crippen molar-refractivity contribution in [2.45, 2.75) is 39.5 Å². The van der Waals surface area contributed by atoms with E-state index in [0.29, 0.717) is 5.92 Å². The minimum atomic E-state index is -0.409. The molecule has 0 aromatic carbocycles. The Labute approximate surface area is 128 Å². The molecule has 0 spiro atoms. The van der Waals surface area contributed by atoms with E-state index in [-0.39, 0.29) is 18.4 Å². The fraction of sp³-hybridized carbons (Fsp3) is 0.875. The molecular weight excluding hydrogens is 266 g/mol. The standard InChI is InChI=1S/C16H29N3O2/c1-16(2,13-7-6-8-17-11-13)15(21)18(3)12-14(20)19-9-4-5-10-19/h13,17H,4-12H2,1-3H3. The molecule has 0 aromatic rings. The lowest BCUT2D eigenvalue weighted by atomic mass is 9.74. The summed E-state index contributed by atoms with van der Waals surface area (Å²) in [6.07, 6.45) is 4.38. The highest BCUT2D eigenvalue weighted by Crippen LogP contribution is 2.33. The van der Waals surface area contributed by atoms with Crippen LogP contribution in [0.15, 0.2) is 0 Å². The van der Waals surface area contributed by atoms with E-state index in [2.05, 4.69) is 5.32 Å². The van der Waals surface area contributed by atoms with Crippen molar-refractivity contribution in [3.05, 3.63) is 0 Å². The molecule has 120 valence electrons. The predicted molar refractivity (Wildman–Crippen MR) is 82.8 cm³/mol. The summed E-state index contributed by atoms with van der Waals surface area (Å²) in [4.78, 5) is 28.4. The SMILES string of the molecule is CN(CC(=O)N1CCCC1)C(=O)C(C)(C)C1CCCNC1. The molecule has 21 heavy (non-hydrogen) atoms. The van der Waals surface area contributed by atoms with E-state index in [0.717, 1.165) is 51.9 Å². The quantitative estimate of drug-likeness (QED) is 0.845. The van der Waals surface area contributed by atoms with Crippen molar-refractivity contribution in [3.63, 3.8) is 0 Å². The van der Waals surface area contributed by atoms with Gasteiger partial charge in [-0.15, -0.1) is 0 Å². The highest BCUT2D eigenvalue weighted by atomic mass is 16.2. The first-order valence-electron chi connectivity index (χ1n) is 8.17. The first-order valence-corrected chi connectivity index (χ1v) is 8.17. The number of carbonyl (C=O) groups is 2. The van der Waals surface area contributed by atoms with Gasteiger partial charge in [0.1, 0.15) is 0 Å². The largest absolute Gasteiger partial charge is 0.341 e. The van der Waals surface area contributed by atoms with Gasteiger partial charge in [0.15, 0.2) is 0 Å². The van der Waals surface area contributed by atoms with Crippen LogP contribution in [0.2, 0.25) is 0 Å². The fourth-order valence-corrected chi connectivity index (χ4v) is 3.48. The molecule has 2 fully saturated rings. The van der Waals surface area contributed by atoms with Crippen LogP contribution in [0.1, 0.15) is 39.5 Å². The van der Waals surface area contributed by atoms with Gasteiger partial charge in [0, 0.05) is 25.6 Å². The van der Waals surface area contributed by atoms with Crippen LogP contribution in [0.4, 0.5) is 0 Å². The van der Waals surface area contributed by atoms with Gasteiger partial charge in [0.05, 0.1) is 6.54 Å². The van der Waals surface area contributed by atoms with Crippen molar-refractivity contribution in [1.29, 1.82) is 0 Å². The zero-order valence-corrected chi connectivity index (χ0v) is 13.7. The molecule has 0 aliphatic carbocycles. The Kier molecular flexibility index (Phi) is 5.25. The van der Waals surface area contributed by atoms with Gasteiger partial charge in [0.25, 0.3) is 0 Å². The molecular formula is C16H29N3O2. The second kappa shape index (κ2) is 6.77. The maximum Gasteiger partial charge on any atom is 0.242 e. The zero-order valence-electron chi connectivity index (χ0n) is 13.7. The molecule has 0 saturated carbocycles. The third kappa shape index (κ3) is 3.76. The number of piperidine rings is 1. The van der Waals surface area contributed by atoms with E-state index < -0.39 is 5.41 Å². The summed E-state index contributed by atoms with van der Waals surface area (Å²) in [5.74, 6) is 0.521. The maximum atomic E-state index is 12.7. The second-order valence-corrected chi connectivity index (χ2v) is 7.01. The van der Waals surface area contributed by atoms with Crippen molar-refractivity contribution < 1.29 is 9.59 Å². The average Bonchev–Trinajstić information content (AvgIpc) is 3.01. The van der Waals surface area contributed by atoms with Gasteiger partial charge in [-0.25, -0.2) is 0 Å². The van der Waals surface area contributed by atoms with Gasteiger partial charge in [0.2, 0.25) is 11.8 Å². The highest BCUT2D eigenvalue weighted by molar-refractivity contribution is 5.87. The van der Waals surface area contributed by atoms with Crippen LogP contribution in [-0.2, 0) is 9.59 Å². The van der Waals surface area contributed by atoms with E-state index in [1.54, 1.807) is 11.9 Å². The summed E-state index contributed by atoms with van der Waals surface area (Å²) in [5, 5.41) is 3.37. The van der Waals surface area contributed by atoms with Crippen LogP contribution in [0.5, 0.6) is 0 Å². The van der Waals surface area contributed by atoms with Crippen molar-refractivity contribution in [3.8, 4) is 0 Å². The van der Waals surface area contributed by atoms with Crippen LogP contribution in [0.3, 0.4) is 0 Å². The van der Waals surface area contributed by atoms with Crippen LogP contribution in [0.25, 0.3) is 0 Å². The number of likely N-dealkylation sites (tertiary alicyclic amines) is 1. The molecule has 2 saturated heterocycles. The van der Waals surface area contributed by atoms with Gasteiger partial charge in [-0.3, -0.25) is 9.59 Å². The molecule has 0 bridgehead atoms. The van der Waals surface area contributed by atoms with Crippen molar-refractivity contribution in [1.82, 2.24) is 15.1 Å². The number of nitrogens with one attached hydrogen (secondary N) is 1. The molecule has 0 radical (unpaired) electrons. The number of nitrogens with zero attached hydrogens (tertiary/aromatic N) is 2. The van der Waals surface area contributed by atoms with Crippen molar-refractivity contribution >= 4 is 11.8 Å². The van der Waals surface area contributed by atoms with Crippen LogP contribution < -0.4 is 5.32 Å². The van der Waals surface area contributed by atoms with Gasteiger partial charge in [-0.1, -0.05) is 13.8 Å². The predicted octanol–water partition coefficient (Wildman–Crippen LogP) is 1.09. The monoisotopic (exact) mass is 295 g/mol. The van der Waals surface area contributed by atoms with Gasteiger partial charge >= 0.3 is 0 Å². The first kappa shape index (κ1) is 16.3. The Hall–Kier alpha value is -1.10. The summed E-state index contributed by atoms with van der Waals surface area (Å²) >= 11 is 0. The van der Waals surface area contributed by atoms with Crippen LogP contribution >= 0.6 is 0 Å². The topological polar surface area (TPSA) is 52.7 Å². The van der Waals surface area contributed by atoms with Gasteiger partial charge < -0.3 is 15.1 Å². The Balaban J connectivity index is 1.92. The molecule has 5 nitrogen and oxygen atoms in total. The molecule has 1 atom stereocenters. The fourth-order valence-electron chi connectivity index (χ4n) is 3.48. The molecule has 1 N–H and O–H groups in total. The Morgan fingerprint density at radius 2 is 1.90 bits per heavy atom. The summed E-state index contributed by atoms with van der Waals surface area (Å²) in [7, 11) is 1.76. The number of rotatable bonds is 4. The lowest BCUT2D eigenvalue weighted by molar-refractivity contribution is -0.147. The molecule has 2 heterocycles. The van der Waals surface area contributed by atoms with Gasteiger partial charge in [-0.2, -0.15) is 0 Å². The summed E-state index contributed by atoms with van der Waals surface area (Å²) in [6, 6.07) is 0. The van der Waals surface area contributed by atoms with Crippen molar-refractivity contribution in [2.24, 2.45) is 11.3 Å². The number of carbonyl (C=O) groups excluding carboxylic acids is 2. The lowest BCUT2D eigenvalue weighted by Gasteiger charge is -2.38. The third-order valence-electron chi connectivity index (χ3n) is 5.05. The lowest BCUT2D eigenvalue weighted by Crippen LogP contribution is -2.50. The van der Waals surface area contributed by atoms with E-state index in [1.165, 1.54) is 0 Å². The zero-order chi connectivity index (χ0) is 15.5. The number of likely N-dealkylation sites (N-methyl/N-ethyl adjacent to an activating group) is 1. The second-order valence-electron chi connectivity index (χ2n) is 7.01. The molecule has 0 aromatic heterocycles. The van der Waals surface area contributed by atoms with E-state index in [4.69, 9.17) is 0 Å². The third-order valence-corrected chi connectivity index (χ3v) is 5.05. The van der Waals surface area contributed by atoms with Gasteiger partial charge in [-0.05, 0) is 44.7 Å². The van der Waals surface area contributed by atoms with E-state index in [9.17, 15) is 9.59 Å². The molecule has 2 aliphatic rings. The molecule has 5 heteroatoms. The highest BCUT2D eigenvalue weighted by Gasteiger charge is 2.39. The molecule has 2 aliphatic heterocycles.